The molecule has 0 aliphatic heterocycles. The van der Waals surface area contributed by atoms with Gasteiger partial charge in [0, 0.05) is 30.5 Å². The summed E-state index contributed by atoms with van der Waals surface area (Å²) in [7, 11) is 1.71. The molecule has 1 aromatic heterocycles. The average Bonchev–Trinajstić information content (AvgIpc) is 2.51. The molecule has 0 aliphatic rings. The van der Waals surface area contributed by atoms with Crippen LogP contribution in [-0.4, -0.2) is 26.8 Å². The molecule has 2 nitrogen and oxygen atoms in total. The van der Waals surface area contributed by atoms with Gasteiger partial charge in [0.05, 0.1) is 11.6 Å². The molecule has 13 heavy (non-hydrogen) atoms. The molecule has 0 saturated carbocycles. The van der Waals surface area contributed by atoms with Gasteiger partial charge in [-0.3, -0.25) is 0 Å². The molecule has 4 heteroatoms. The zero-order chi connectivity index (χ0) is 9.52. The van der Waals surface area contributed by atoms with E-state index in [9.17, 15) is 0 Å². The van der Waals surface area contributed by atoms with Crippen LogP contribution in [0.5, 0.6) is 0 Å². The van der Waals surface area contributed by atoms with Gasteiger partial charge < -0.3 is 10.1 Å². The van der Waals surface area contributed by atoms with Gasteiger partial charge in [-0.15, -0.1) is 11.3 Å². The van der Waals surface area contributed by atoms with Crippen LogP contribution >= 0.6 is 22.9 Å². The summed E-state index contributed by atoms with van der Waals surface area (Å²) in [6.45, 7) is 2.67. The zero-order valence-electron chi connectivity index (χ0n) is 7.68. The van der Waals surface area contributed by atoms with E-state index in [-0.39, 0.29) is 0 Å². The summed E-state index contributed by atoms with van der Waals surface area (Å²) < 4.78 is 4.92. The van der Waals surface area contributed by atoms with Crippen molar-refractivity contribution in [2.24, 2.45) is 0 Å². The molecule has 0 bridgehead atoms. The quantitative estimate of drug-likeness (QED) is 0.741. The number of methoxy groups -OCH3 is 1. The summed E-state index contributed by atoms with van der Waals surface area (Å²) in [5, 5.41) is 6.09. The Balaban J connectivity index is 2.06. The Morgan fingerprint density at radius 1 is 1.54 bits per heavy atom. The van der Waals surface area contributed by atoms with Crippen molar-refractivity contribution >= 4 is 22.9 Å². The van der Waals surface area contributed by atoms with Crippen LogP contribution in [-0.2, 0) is 11.2 Å². The van der Waals surface area contributed by atoms with Crippen molar-refractivity contribution in [3.63, 3.8) is 0 Å². The van der Waals surface area contributed by atoms with Crippen LogP contribution in [0.3, 0.4) is 0 Å². The summed E-state index contributed by atoms with van der Waals surface area (Å²) in [4.78, 5) is 1.33. The fourth-order valence-electron chi connectivity index (χ4n) is 0.996. The zero-order valence-corrected chi connectivity index (χ0v) is 9.25. The van der Waals surface area contributed by atoms with E-state index in [1.54, 1.807) is 18.4 Å². The minimum atomic E-state index is 0.769. The number of nitrogens with one attached hydrogen (secondary N) is 1. The number of ether oxygens (including phenoxy) is 1. The Kier molecular flexibility index (Phi) is 5.39. The summed E-state index contributed by atoms with van der Waals surface area (Å²) >= 11 is 7.50. The average molecular weight is 220 g/mol. The lowest BCUT2D eigenvalue weighted by atomic mass is 10.3. The maximum absolute atomic E-state index is 5.79. The molecule has 0 aliphatic carbocycles. The van der Waals surface area contributed by atoms with Crippen LogP contribution < -0.4 is 5.32 Å². The van der Waals surface area contributed by atoms with Crippen molar-refractivity contribution in [1.82, 2.24) is 5.32 Å². The Morgan fingerprint density at radius 3 is 3.00 bits per heavy atom. The number of hydrogen-bond acceptors (Lipinski definition) is 3. The molecule has 1 heterocycles. The van der Waals surface area contributed by atoms with Crippen molar-refractivity contribution in [3.8, 4) is 0 Å². The van der Waals surface area contributed by atoms with Crippen molar-refractivity contribution in [2.75, 3.05) is 26.8 Å². The smallest absolute Gasteiger partial charge is 0.0587 e. The third kappa shape index (κ3) is 4.62. The van der Waals surface area contributed by atoms with Crippen LogP contribution in [0.15, 0.2) is 11.4 Å². The monoisotopic (exact) mass is 219 g/mol. The fraction of sp³-hybridized carbons (Fsp3) is 0.556. The van der Waals surface area contributed by atoms with E-state index in [0.717, 1.165) is 31.1 Å². The molecule has 1 aromatic rings. The van der Waals surface area contributed by atoms with Gasteiger partial charge in [-0.25, -0.2) is 0 Å². The van der Waals surface area contributed by atoms with Gasteiger partial charge in [0.25, 0.3) is 0 Å². The molecule has 0 fully saturated rings. The molecule has 0 radical (unpaired) electrons. The molecule has 74 valence electrons. The maximum atomic E-state index is 5.79. The van der Waals surface area contributed by atoms with Crippen LogP contribution in [0.2, 0.25) is 5.02 Å². The first-order valence-corrected chi connectivity index (χ1v) is 5.51. The van der Waals surface area contributed by atoms with Gasteiger partial charge in [0.2, 0.25) is 0 Å². The van der Waals surface area contributed by atoms with Crippen LogP contribution in [0.25, 0.3) is 0 Å². The minimum absolute atomic E-state index is 0.769. The van der Waals surface area contributed by atoms with Crippen molar-refractivity contribution < 1.29 is 4.74 Å². The van der Waals surface area contributed by atoms with E-state index in [0.29, 0.717) is 0 Å². The summed E-state index contributed by atoms with van der Waals surface area (Å²) in [6.07, 6.45) is 1.04. The largest absolute Gasteiger partial charge is 0.383 e. The molecule has 0 amide bonds. The number of hydrogen-bond donors (Lipinski definition) is 1. The summed E-state index contributed by atoms with van der Waals surface area (Å²) in [5.41, 5.74) is 0. The lowest BCUT2D eigenvalue weighted by molar-refractivity contribution is 0.199. The predicted octanol–water partition coefficient (Wildman–Crippen LogP) is 2.18. The Hall–Kier alpha value is -0.0900. The summed E-state index contributed by atoms with van der Waals surface area (Å²) in [6, 6.07) is 2.02. The molecule has 0 spiro atoms. The maximum Gasteiger partial charge on any atom is 0.0587 e. The molecular weight excluding hydrogens is 206 g/mol. The third-order valence-electron chi connectivity index (χ3n) is 1.65. The SMILES string of the molecule is COCCNCCc1cc(Cl)cs1. The van der Waals surface area contributed by atoms with E-state index in [4.69, 9.17) is 16.3 Å². The predicted molar refractivity (Wildman–Crippen MR) is 57.8 cm³/mol. The topological polar surface area (TPSA) is 21.3 Å². The van der Waals surface area contributed by atoms with E-state index in [2.05, 4.69) is 5.32 Å². The molecule has 0 aromatic carbocycles. The fourth-order valence-corrected chi connectivity index (χ4v) is 2.07. The Bertz CT molecular complexity index is 239. The van der Waals surface area contributed by atoms with Gasteiger partial charge in [-0.2, -0.15) is 0 Å². The second-order valence-corrected chi connectivity index (χ2v) is 4.16. The van der Waals surface area contributed by atoms with Gasteiger partial charge in [-0.05, 0) is 12.5 Å². The molecule has 0 saturated heterocycles. The highest BCUT2D eigenvalue weighted by atomic mass is 35.5. The number of thiophene rings is 1. The molecule has 1 N–H and O–H groups in total. The lowest BCUT2D eigenvalue weighted by Crippen LogP contribution is -2.21. The first-order chi connectivity index (χ1) is 6.33. The molecule has 0 unspecified atom stereocenters. The van der Waals surface area contributed by atoms with E-state index in [1.165, 1.54) is 4.88 Å². The van der Waals surface area contributed by atoms with Gasteiger partial charge in [0.15, 0.2) is 0 Å². The first kappa shape index (κ1) is 11.0. The third-order valence-corrected chi connectivity index (χ3v) is 3.00. The van der Waals surface area contributed by atoms with Crippen molar-refractivity contribution in [1.29, 1.82) is 0 Å². The summed E-state index contributed by atoms with van der Waals surface area (Å²) in [5.74, 6) is 0. The lowest BCUT2D eigenvalue weighted by Gasteiger charge is -2.01. The highest BCUT2D eigenvalue weighted by Crippen LogP contribution is 2.18. The number of halogens is 1. The Labute approximate surface area is 87.9 Å². The normalized spacial score (nSPS) is 10.6. The standard InChI is InChI=1S/C9H14ClNOS/c1-12-5-4-11-3-2-9-6-8(10)7-13-9/h6-7,11H,2-5H2,1H3. The minimum Gasteiger partial charge on any atom is -0.383 e. The van der Waals surface area contributed by atoms with Crippen LogP contribution in [0.4, 0.5) is 0 Å². The molecular formula is C9H14ClNOS. The van der Waals surface area contributed by atoms with Crippen molar-refractivity contribution in [3.05, 3.63) is 21.3 Å². The van der Waals surface area contributed by atoms with Gasteiger partial charge >= 0.3 is 0 Å². The molecule has 0 atom stereocenters. The van der Waals surface area contributed by atoms with E-state index >= 15 is 0 Å². The Morgan fingerprint density at radius 2 is 2.38 bits per heavy atom. The first-order valence-electron chi connectivity index (χ1n) is 4.25. The van der Waals surface area contributed by atoms with Gasteiger partial charge in [-0.1, -0.05) is 11.6 Å². The van der Waals surface area contributed by atoms with Gasteiger partial charge in [0.1, 0.15) is 0 Å². The highest BCUT2D eigenvalue weighted by Gasteiger charge is 1.96. The van der Waals surface area contributed by atoms with Crippen LogP contribution in [0, 0.1) is 0 Å². The van der Waals surface area contributed by atoms with E-state index in [1.807, 2.05) is 11.4 Å². The van der Waals surface area contributed by atoms with E-state index < -0.39 is 0 Å². The highest BCUT2D eigenvalue weighted by molar-refractivity contribution is 7.10. The number of rotatable bonds is 6. The second kappa shape index (κ2) is 6.38. The van der Waals surface area contributed by atoms with Crippen LogP contribution in [0.1, 0.15) is 4.88 Å². The second-order valence-electron chi connectivity index (χ2n) is 2.72. The van der Waals surface area contributed by atoms with Crippen molar-refractivity contribution in [2.45, 2.75) is 6.42 Å². The molecule has 1 rings (SSSR count).